The van der Waals surface area contributed by atoms with Gasteiger partial charge in [0.15, 0.2) is 11.5 Å². The molecule has 45 heavy (non-hydrogen) atoms. The fourth-order valence-electron chi connectivity index (χ4n) is 5.37. The van der Waals surface area contributed by atoms with E-state index < -0.39 is 0 Å². The number of carbonyl (C=O) groups excluding carboxylic acids is 1. The Hall–Kier alpha value is -4.45. The lowest BCUT2D eigenvalue weighted by Crippen LogP contribution is -2.16. The molecule has 0 aromatic heterocycles. The zero-order valence-corrected chi connectivity index (χ0v) is 26.8. The molecule has 6 nitrogen and oxygen atoms in total. The van der Waals surface area contributed by atoms with Gasteiger partial charge in [-0.3, -0.25) is 4.79 Å². The summed E-state index contributed by atoms with van der Waals surface area (Å²) in [5, 5.41) is 0. The quantitative estimate of drug-likeness (QED) is 0.0774. The van der Waals surface area contributed by atoms with Crippen molar-refractivity contribution in [2.45, 2.75) is 72.1 Å². The Bertz CT molecular complexity index is 1550. The van der Waals surface area contributed by atoms with Gasteiger partial charge in [-0.25, -0.2) is 0 Å². The summed E-state index contributed by atoms with van der Waals surface area (Å²) >= 11 is 0. The number of nitrogens with zero attached hydrogens (tertiary/aromatic N) is 1. The van der Waals surface area contributed by atoms with Crippen molar-refractivity contribution in [2.24, 2.45) is 0 Å². The lowest BCUT2D eigenvalue weighted by atomic mass is 10.0. The molecule has 0 spiro atoms. The van der Waals surface area contributed by atoms with Gasteiger partial charge in [0.25, 0.3) is 0 Å². The third kappa shape index (κ3) is 7.99. The van der Waals surface area contributed by atoms with Gasteiger partial charge in [0.2, 0.25) is 0 Å². The molecule has 236 valence electrons. The lowest BCUT2D eigenvalue weighted by Gasteiger charge is -2.33. The summed E-state index contributed by atoms with van der Waals surface area (Å²) in [4.78, 5) is 13.8. The van der Waals surface area contributed by atoms with Gasteiger partial charge in [-0.2, -0.15) is 0 Å². The Kier molecular flexibility index (Phi) is 11.4. The van der Waals surface area contributed by atoms with Crippen molar-refractivity contribution >= 4 is 23.3 Å². The van der Waals surface area contributed by atoms with E-state index in [2.05, 4.69) is 56.0 Å². The maximum absolute atomic E-state index is 11.7. The van der Waals surface area contributed by atoms with Crippen molar-refractivity contribution in [3.8, 4) is 39.9 Å². The average Bonchev–Trinajstić information content (AvgIpc) is 3.07. The third-order valence-corrected chi connectivity index (χ3v) is 7.93. The summed E-state index contributed by atoms with van der Waals surface area (Å²) in [6.45, 7) is 8.56. The Labute approximate surface area is 267 Å². The Morgan fingerprint density at radius 1 is 0.622 bits per heavy atom. The minimum atomic E-state index is 0.561. The van der Waals surface area contributed by atoms with E-state index in [1.165, 1.54) is 19.3 Å². The zero-order valence-electron chi connectivity index (χ0n) is 26.8. The summed E-state index contributed by atoms with van der Waals surface area (Å²) in [6, 6.07) is 26.0. The van der Waals surface area contributed by atoms with E-state index in [4.69, 9.17) is 18.9 Å². The molecule has 6 heteroatoms. The summed E-state index contributed by atoms with van der Waals surface area (Å²) in [5.74, 6) is 3.77. The van der Waals surface area contributed by atoms with Gasteiger partial charge in [0.05, 0.1) is 31.2 Å². The molecular formula is C39H45NO5. The molecule has 0 radical (unpaired) electrons. The first kappa shape index (κ1) is 32.0. The number of hydrogen-bond acceptors (Lipinski definition) is 6. The van der Waals surface area contributed by atoms with Crippen LogP contribution in [-0.2, 0) is 0 Å². The van der Waals surface area contributed by atoms with Crippen molar-refractivity contribution in [1.82, 2.24) is 0 Å². The molecule has 0 fully saturated rings. The van der Waals surface area contributed by atoms with Gasteiger partial charge >= 0.3 is 0 Å². The number of ether oxygens (including phenoxy) is 4. The van der Waals surface area contributed by atoms with Gasteiger partial charge < -0.3 is 23.8 Å². The Balaban J connectivity index is 1.47. The van der Waals surface area contributed by atoms with Crippen LogP contribution in [0.5, 0.6) is 28.7 Å². The predicted octanol–water partition coefficient (Wildman–Crippen LogP) is 11.1. The van der Waals surface area contributed by atoms with Crippen LogP contribution in [0.15, 0.2) is 78.9 Å². The molecule has 0 bridgehead atoms. The molecular weight excluding hydrogens is 562 g/mol. The van der Waals surface area contributed by atoms with E-state index in [0.717, 1.165) is 90.4 Å². The number of anilines is 3. The van der Waals surface area contributed by atoms with Crippen LogP contribution in [0.25, 0.3) is 11.1 Å². The zero-order chi connectivity index (χ0) is 31.4. The highest BCUT2D eigenvalue weighted by Gasteiger charge is 2.27. The van der Waals surface area contributed by atoms with E-state index in [0.29, 0.717) is 30.3 Å². The molecule has 0 saturated heterocycles. The Morgan fingerprint density at radius 3 is 2.00 bits per heavy atom. The van der Waals surface area contributed by atoms with Crippen LogP contribution in [0, 0.1) is 0 Å². The van der Waals surface area contributed by atoms with Gasteiger partial charge in [0.1, 0.15) is 23.5 Å². The number of benzene rings is 4. The van der Waals surface area contributed by atoms with Gasteiger partial charge in [-0.05, 0) is 91.6 Å². The largest absolute Gasteiger partial charge is 0.494 e. The van der Waals surface area contributed by atoms with Crippen LogP contribution in [0.3, 0.4) is 0 Å². The van der Waals surface area contributed by atoms with E-state index in [1.807, 2.05) is 42.5 Å². The summed E-state index contributed by atoms with van der Waals surface area (Å²) < 4.78 is 24.8. The van der Waals surface area contributed by atoms with Crippen LogP contribution in [0.4, 0.5) is 17.1 Å². The maximum atomic E-state index is 11.7. The van der Waals surface area contributed by atoms with Crippen molar-refractivity contribution < 1.29 is 23.7 Å². The number of fused-ring (bicyclic) bond motifs is 2. The Morgan fingerprint density at radius 2 is 1.27 bits per heavy atom. The monoisotopic (exact) mass is 607 g/mol. The second-order valence-electron chi connectivity index (χ2n) is 11.4. The van der Waals surface area contributed by atoms with E-state index in [-0.39, 0.29) is 0 Å². The van der Waals surface area contributed by atoms with Gasteiger partial charge in [-0.15, -0.1) is 0 Å². The van der Waals surface area contributed by atoms with Crippen molar-refractivity contribution in [3.05, 3.63) is 84.4 Å². The summed E-state index contributed by atoms with van der Waals surface area (Å²) in [5.41, 5.74) is 5.26. The minimum absolute atomic E-state index is 0.561. The molecule has 1 aliphatic heterocycles. The number of hydrogen-bond donors (Lipinski definition) is 0. The first-order valence-electron chi connectivity index (χ1n) is 16.5. The van der Waals surface area contributed by atoms with Gasteiger partial charge in [-0.1, -0.05) is 58.9 Å². The molecule has 0 aliphatic carbocycles. The maximum Gasteiger partial charge on any atom is 0.152 e. The van der Waals surface area contributed by atoms with E-state index >= 15 is 0 Å². The highest BCUT2D eigenvalue weighted by molar-refractivity contribution is 5.90. The number of aldehydes is 1. The predicted molar refractivity (Wildman–Crippen MR) is 182 cm³/mol. The fraction of sp³-hybridized carbons (Fsp3) is 0.359. The summed E-state index contributed by atoms with van der Waals surface area (Å²) in [7, 11) is 0. The topological polar surface area (TPSA) is 57.2 Å². The van der Waals surface area contributed by atoms with Crippen molar-refractivity contribution in [1.29, 1.82) is 0 Å². The summed E-state index contributed by atoms with van der Waals surface area (Å²) in [6.07, 6.45) is 9.65. The second kappa shape index (κ2) is 16.0. The lowest BCUT2D eigenvalue weighted by molar-refractivity contribution is 0.112. The first-order valence-corrected chi connectivity index (χ1v) is 16.5. The average molecular weight is 608 g/mol. The van der Waals surface area contributed by atoms with Crippen LogP contribution >= 0.6 is 0 Å². The highest BCUT2D eigenvalue weighted by atomic mass is 16.5. The number of unbranched alkanes of at least 4 members (excludes halogenated alkanes) is 5. The third-order valence-electron chi connectivity index (χ3n) is 7.93. The second-order valence-corrected chi connectivity index (χ2v) is 11.4. The van der Waals surface area contributed by atoms with Crippen LogP contribution in [0.1, 0.15) is 82.5 Å². The van der Waals surface area contributed by atoms with Gasteiger partial charge in [0, 0.05) is 22.9 Å². The van der Waals surface area contributed by atoms with Crippen LogP contribution in [-0.4, -0.2) is 26.1 Å². The fourth-order valence-corrected chi connectivity index (χ4v) is 5.37. The number of rotatable bonds is 17. The van der Waals surface area contributed by atoms with Crippen molar-refractivity contribution in [3.63, 3.8) is 0 Å². The first-order chi connectivity index (χ1) is 22.1. The molecule has 1 heterocycles. The van der Waals surface area contributed by atoms with Crippen LogP contribution < -0.4 is 23.8 Å². The molecule has 0 unspecified atom stereocenters. The molecule has 4 aromatic rings. The molecule has 5 rings (SSSR count). The molecule has 0 saturated carbocycles. The molecule has 1 aliphatic rings. The molecule has 4 aromatic carbocycles. The van der Waals surface area contributed by atoms with E-state index in [9.17, 15) is 4.79 Å². The number of carbonyl (C=O) groups is 1. The van der Waals surface area contributed by atoms with Crippen molar-refractivity contribution in [2.75, 3.05) is 24.7 Å². The smallest absolute Gasteiger partial charge is 0.152 e. The minimum Gasteiger partial charge on any atom is -0.494 e. The molecule has 0 N–H and O–H groups in total. The standard InChI is InChI=1S/C39H45NO5/c1-4-7-10-11-24-42-32-16-14-31(15-17-32)40-35-20-12-29(28-41)25-38(35)45-39-26-30(13-21-36(39)40)34-19-18-33(43-22-8-5-2)27-37(34)44-23-9-6-3/h12-21,25-28H,4-11,22-24H2,1-3H3. The normalized spacial score (nSPS) is 11.8. The highest BCUT2D eigenvalue weighted by Crippen LogP contribution is 2.52. The van der Waals surface area contributed by atoms with E-state index in [1.54, 1.807) is 6.07 Å². The SMILES string of the molecule is CCCCCCOc1ccc(N2c3ccc(C=O)cc3Oc3cc(-c4ccc(OCCCC)cc4OCCCC)ccc32)cc1. The molecule has 0 amide bonds. The molecule has 0 atom stereocenters. The van der Waals surface area contributed by atoms with Crippen LogP contribution in [0.2, 0.25) is 0 Å².